The van der Waals surface area contributed by atoms with Crippen LogP contribution in [0, 0.1) is 6.92 Å². The monoisotopic (exact) mass is 364 g/mol. The molecule has 0 aliphatic carbocycles. The highest BCUT2D eigenvalue weighted by Gasteiger charge is 2.14. The van der Waals surface area contributed by atoms with Crippen LogP contribution in [-0.2, 0) is 16.1 Å². The predicted octanol–water partition coefficient (Wildman–Crippen LogP) is 3.03. The normalized spacial score (nSPS) is 10.4. The first-order chi connectivity index (χ1) is 13.1. The van der Waals surface area contributed by atoms with Crippen molar-refractivity contribution in [3.8, 4) is 5.75 Å². The van der Waals surface area contributed by atoms with Gasteiger partial charge in [0.25, 0.3) is 5.91 Å². The Labute approximate surface area is 157 Å². The standard InChI is InChI=1S/C21H20N2O4/c1-14-7-9-15(10-8-14)12-22-20(24)13-27-19-11-18(21(25)26-2)23-17-6-4-3-5-16(17)19/h3-11H,12-13H2,1-2H3,(H,22,24). The van der Waals surface area contributed by atoms with Crippen LogP contribution in [0.5, 0.6) is 5.75 Å². The average Bonchev–Trinajstić information content (AvgIpc) is 2.70. The van der Waals surface area contributed by atoms with Crippen LogP contribution in [0.25, 0.3) is 10.9 Å². The number of aryl methyl sites for hydroxylation is 1. The fraction of sp³-hybridized carbons (Fsp3) is 0.190. The molecular formula is C21H20N2O4. The van der Waals surface area contributed by atoms with E-state index in [2.05, 4.69) is 10.3 Å². The number of aromatic nitrogens is 1. The summed E-state index contributed by atoms with van der Waals surface area (Å²) in [7, 11) is 1.29. The third-order valence-corrected chi connectivity index (χ3v) is 4.04. The van der Waals surface area contributed by atoms with Gasteiger partial charge in [-0.25, -0.2) is 9.78 Å². The maximum absolute atomic E-state index is 12.1. The third-order valence-electron chi connectivity index (χ3n) is 4.04. The van der Waals surface area contributed by atoms with Crippen molar-refractivity contribution in [1.82, 2.24) is 10.3 Å². The smallest absolute Gasteiger partial charge is 0.356 e. The molecule has 0 radical (unpaired) electrons. The second-order valence-corrected chi connectivity index (χ2v) is 6.07. The molecule has 3 aromatic rings. The Morgan fingerprint density at radius 1 is 1.07 bits per heavy atom. The summed E-state index contributed by atoms with van der Waals surface area (Å²) in [5, 5.41) is 3.53. The molecule has 1 N–H and O–H groups in total. The lowest BCUT2D eigenvalue weighted by molar-refractivity contribution is -0.123. The molecule has 27 heavy (non-hydrogen) atoms. The molecule has 0 aliphatic rings. The zero-order valence-electron chi connectivity index (χ0n) is 15.2. The first-order valence-electron chi connectivity index (χ1n) is 8.50. The fourth-order valence-corrected chi connectivity index (χ4v) is 2.57. The van der Waals surface area contributed by atoms with E-state index >= 15 is 0 Å². The molecule has 2 aromatic carbocycles. The molecular weight excluding hydrogens is 344 g/mol. The molecule has 0 saturated carbocycles. The van der Waals surface area contributed by atoms with E-state index < -0.39 is 5.97 Å². The summed E-state index contributed by atoms with van der Waals surface area (Å²) in [5.41, 5.74) is 2.90. The van der Waals surface area contributed by atoms with Gasteiger partial charge in [-0.2, -0.15) is 0 Å². The van der Waals surface area contributed by atoms with Gasteiger partial charge in [-0.15, -0.1) is 0 Å². The van der Waals surface area contributed by atoms with Crippen molar-refractivity contribution in [1.29, 1.82) is 0 Å². The van der Waals surface area contributed by atoms with E-state index in [0.717, 1.165) is 10.9 Å². The number of amides is 1. The van der Waals surface area contributed by atoms with Gasteiger partial charge < -0.3 is 14.8 Å². The maximum atomic E-state index is 12.1. The number of para-hydroxylation sites is 1. The molecule has 1 aromatic heterocycles. The van der Waals surface area contributed by atoms with Gasteiger partial charge in [-0.05, 0) is 24.6 Å². The van der Waals surface area contributed by atoms with Gasteiger partial charge in [0.05, 0.1) is 12.6 Å². The van der Waals surface area contributed by atoms with Gasteiger partial charge in [0.2, 0.25) is 0 Å². The first-order valence-corrected chi connectivity index (χ1v) is 8.50. The largest absolute Gasteiger partial charge is 0.483 e. The van der Waals surface area contributed by atoms with Gasteiger partial charge in [0, 0.05) is 18.0 Å². The molecule has 0 bridgehead atoms. The number of fused-ring (bicyclic) bond motifs is 1. The number of pyridine rings is 1. The SMILES string of the molecule is COC(=O)c1cc(OCC(=O)NCc2ccc(C)cc2)c2ccccc2n1. The Kier molecular flexibility index (Phi) is 5.66. The summed E-state index contributed by atoms with van der Waals surface area (Å²) in [5.74, 6) is -0.406. The average molecular weight is 364 g/mol. The van der Waals surface area contributed by atoms with E-state index in [4.69, 9.17) is 9.47 Å². The van der Waals surface area contributed by atoms with E-state index in [-0.39, 0.29) is 18.2 Å². The minimum absolute atomic E-state index is 0.131. The van der Waals surface area contributed by atoms with E-state index in [0.29, 0.717) is 17.8 Å². The summed E-state index contributed by atoms with van der Waals surface area (Å²) < 4.78 is 10.4. The molecule has 6 heteroatoms. The number of nitrogens with zero attached hydrogens (tertiary/aromatic N) is 1. The Morgan fingerprint density at radius 3 is 2.56 bits per heavy atom. The quantitative estimate of drug-likeness (QED) is 0.680. The van der Waals surface area contributed by atoms with E-state index in [1.165, 1.54) is 18.7 Å². The van der Waals surface area contributed by atoms with E-state index in [9.17, 15) is 9.59 Å². The summed E-state index contributed by atoms with van der Waals surface area (Å²) >= 11 is 0. The fourth-order valence-electron chi connectivity index (χ4n) is 2.57. The number of rotatable bonds is 6. The highest BCUT2D eigenvalue weighted by atomic mass is 16.5. The lowest BCUT2D eigenvalue weighted by atomic mass is 10.1. The zero-order valence-corrected chi connectivity index (χ0v) is 15.2. The zero-order chi connectivity index (χ0) is 19.2. The van der Waals surface area contributed by atoms with Crippen molar-refractivity contribution in [2.45, 2.75) is 13.5 Å². The molecule has 0 aliphatic heterocycles. The van der Waals surface area contributed by atoms with Gasteiger partial charge in [0.15, 0.2) is 12.3 Å². The Hall–Kier alpha value is -3.41. The lowest BCUT2D eigenvalue weighted by Gasteiger charge is -2.11. The molecule has 1 heterocycles. The van der Waals surface area contributed by atoms with Crippen molar-refractivity contribution in [2.75, 3.05) is 13.7 Å². The molecule has 3 rings (SSSR count). The Morgan fingerprint density at radius 2 is 1.81 bits per heavy atom. The van der Waals surface area contributed by atoms with Gasteiger partial charge in [0.1, 0.15) is 5.75 Å². The van der Waals surface area contributed by atoms with Crippen LogP contribution in [0.2, 0.25) is 0 Å². The predicted molar refractivity (Wildman–Crippen MR) is 102 cm³/mol. The number of ether oxygens (including phenoxy) is 2. The number of benzene rings is 2. The number of hydrogen-bond donors (Lipinski definition) is 1. The molecule has 1 amide bonds. The minimum atomic E-state index is -0.561. The Bertz CT molecular complexity index is 968. The van der Waals surface area contributed by atoms with Crippen molar-refractivity contribution in [2.24, 2.45) is 0 Å². The van der Waals surface area contributed by atoms with Crippen molar-refractivity contribution in [3.05, 3.63) is 71.4 Å². The van der Waals surface area contributed by atoms with Crippen LogP contribution in [0.1, 0.15) is 21.6 Å². The van der Waals surface area contributed by atoms with Crippen LogP contribution in [0.4, 0.5) is 0 Å². The number of carbonyl (C=O) groups is 2. The van der Waals surface area contributed by atoms with Crippen molar-refractivity contribution < 1.29 is 19.1 Å². The molecule has 0 unspecified atom stereocenters. The van der Waals surface area contributed by atoms with Gasteiger partial charge >= 0.3 is 5.97 Å². The maximum Gasteiger partial charge on any atom is 0.356 e. The summed E-state index contributed by atoms with van der Waals surface area (Å²) in [6.45, 7) is 2.27. The van der Waals surface area contributed by atoms with Crippen LogP contribution in [-0.4, -0.2) is 30.6 Å². The number of hydrogen-bond acceptors (Lipinski definition) is 5. The van der Waals surface area contributed by atoms with Gasteiger partial charge in [-0.3, -0.25) is 4.79 Å². The highest BCUT2D eigenvalue weighted by Crippen LogP contribution is 2.25. The van der Waals surface area contributed by atoms with Crippen molar-refractivity contribution >= 4 is 22.8 Å². The molecule has 0 spiro atoms. The van der Waals surface area contributed by atoms with E-state index in [1.807, 2.05) is 49.4 Å². The summed E-state index contributed by atoms with van der Waals surface area (Å²) in [6.07, 6.45) is 0. The molecule has 6 nitrogen and oxygen atoms in total. The van der Waals surface area contributed by atoms with Gasteiger partial charge in [-0.1, -0.05) is 42.0 Å². The minimum Gasteiger partial charge on any atom is -0.483 e. The highest BCUT2D eigenvalue weighted by molar-refractivity contribution is 5.94. The lowest BCUT2D eigenvalue weighted by Crippen LogP contribution is -2.28. The summed E-state index contributed by atoms with van der Waals surface area (Å²) in [4.78, 5) is 28.2. The topological polar surface area (TPSA) is 77.5 Å². The van der Waals surface area contributed by atoms with Crippen LogP contribution < -0.4 is 10.1 Å². The third kappa shape index (κ3) is 4.61. The molecule has 138 valence electrons. The Balaban J connectivity index is 1.69. The van der Waals surface area contributed by atoms with Crippen LogP contribution >= 0.6 is 0 Å². The second-order valence-electron chi connectivity index (χ2n) is 6.07. The molecule has 0 fully saturated rings. The molecule has 0 atom stereocenters. The van der Waals surface area contributed by atoms with Crippen LogP contribution in [0.3, 0.4) is 0 Å². The summed E-state index contributed by atoms with van der Waals surface area (Å²) in [6, 6.07) is 16.7. The van der Waals surface area contributed by atoms with Crippen LogP contribution in [0.15, 0.2) is 54.6 Å². The number of esters is 1. The van der Waals surface area contributed by atoms with Crippen molar-refractivity contribution in [3.63, 3.8) is 0 Å². The first kappa shape index (κ1) is 18.4. The molecule has 0 saturated heterocycles. The van der Waals surface area contributed by atoms with E-state index in [1.54, 1.807) is 6.07 Å². The number of carbonyl (C=O) groups excluding carboxylic acids is 2. The number of nitrogens with one attached hydrogen (secondary N) is 1. The number of methoxy groups -OCH3 is 1. The second kappa shape index (κ2) is 8.31.